The van der Waals surface area contributed by atoms with Gasteiger partial charge in [0.25, 0.3) is 10.1 Å². The van der Waals surface area contributed by atoms with Crippen LogP contribution >= 0.6 is 11.8 Å². The second-order valence-electron chi connectivity index (χ2n) is 8.95. The normalized spacial score (nSPS) is 13.2. The highest BCUT2D eigenvalue weighted by atomic mass is 32.2. The number of hydrogen-bond donors (Lipinski definition) is 0. The lowest BCUT2D eigenvalue weighted by Crippen LogP contribution is -2.28. The molecule has 0 amide bonds. The standard InChI is InChI=1S/C27H39NO3S2/c1-5-9-12-21-15-16-25-24(19-21)28(31-33(29,30)17-8-4)27-23(14-11-7-3)18-22(13-10-6-2)20-26(27)32-25/h15-16,18-20H,5-14,17H2,1-4H3. The van der Waals surface area contributed by atoms with E-state index in [4.69, 9.17) is 4.28 Å². The average molecular weight is 490 g/mol. The van der Waals surface area contributed by atoms with Crippen LogP contribution in [0, 0.1) is 0 Å². The summed E-state index contributed by atoms with van der Waals surface area (Å²) in [5.41, 5.74) is 5.49. The molecule has 0 bridgehead atoms. The van der Waals surface area contributed by atoms with Crippen LogP contribution in [0.2, 0.25) is 0 Å². The van der Waals surface area contributed by atoms with Crippen LogP contribution in [-0.2, 0) is 33.7 Å². The van der Waals surface area contributed by atoms with Gasteiger partial charge < -0.3 is 0 Å². The molecule has 0 radical (unpaired) electrons. The lowest BCUT2D eigenvalue weighted by molar-refractivity contribution is 0.318. The topological polar surface area (TPSA) is 46.6 Å². The number of aryl methyl sites for hydroxylation is 3. The van der Waals surface area contributed by atoms with Gasteiger partial charge in [-0.25, -0.2) is 5.06 Å². The lowest BCUT2D eigenvalue weighted by atomic mass is 9.99. The molecule has 33 heavy (non-hydrogen) atoms. The van der Waals surface area contributed by atoms with Crippen molar-refractivity contribution < 1.29 is 12.7 Å². The maximum Gasteiger partial charge on any atom is 0.288 e. The SMILES string of the molecule is CCCCc1cc(CCCC)c2c(c1)Sc1ccc(CCCC)cc1N2OS(=O)(=O)CCC. The Morgan fingerprint density at radius 1 is 0.788 bits per heavy atom. The molecular formula is C27H39NO3S2. The summed E-state index contributed by atoms with van der Waals surface area (Å²) in [6, 6.07) is 10.9. The first-order chi connectivity index (χ1) is 15.9. The molecule has 2 aromatic rings. The second-order valence-corrected chi connectivity index (χ2v) is 11.7. The summed E-state index contributed by atoms with van der Waals surface area (Å²) in [6.45, 7) is 8.46. The highest BCUT2D eigenvalue weighted by Crippen LogP contribution is 2.51. The predicted molar refractivity (Wildman–Crippen MR) is 140 cm³/mol. The molecule has 4 nitrogen and oxygen atoms in total. The van der Waals surface area contributed by atoms with Crippen LogP contribution in [-0.4, -0.2) is 14.2 Å². The minimum atomic E-state index is -3.69. The average Bonchev–Trinajstić information content (AvgIpc) is 2.79. The maximum atomic E-state index is 12.8. The summed E-state index contributed by atoms with van der Waals surface area (Å²) >= 11 is 1.74. The Balaban J connectivity index is 2.13. The van der Waals surface area contributed by atoms with Crippen molar-refractivity contribution in [1.29, 1.82) is 0 Å². The van der Waals surface area contributed by atoms with Crippen molar-refractivity contribution in [1.82, 2.24) is 0 Å². The van der Waals surface area contributed by atoms with E-state index < -0.39 is 10.1 Å². The zero-order chi connectivity index (χ0) is 23.8. The van der Waals surface area contributed by atoms with E-state index in [-0.39, 0.29) is 5.75 Å². The number of unbranched alkanes of at least 4 members (excludes halogenated alkanes) is 3. The van der Waals surface area contributed by atoms with Gasteiger partial charge in [0.1, 0.15) is 0 Å². The molecule has 1 aliphatic rings. The summed E-state index contributed by atoms with van der Waals surface area (Å²) in [7, 11) is -3.69. The molecule has 0 unspecified atom stereocenters. The van der Waals surface area contributed by atoms with Gasteiger partial charge in [-0.15, -0.1) is 4.28 Å². The van der Waals surface area contributed by atoms with Gasteiger partial charge in [0.05, 0.1) is 17.1 Å². The minimum absolute atomic E-state index is 0.00963. The number of nitrogens with zero attached hydrogens (tertiary/aromatic N) is 1. The summed E-state index contributed by atoms with van der Waals surface area (Å²) in [4.78, 5) is 2.14. The Bertz CT molecular complexity index is 1030. The third-order valence-electron chi connectivity index (χ3n) is 5.96. The van der Waals surface area contributed by atoms with E-state index in [2.05, 4.69) is 51.1 Å². The third kappa shape index (κ3) is 6.77. The van der Waals surface area contributed by atoms with Crippen molar-refractivity contribution in [3.63, 3.8) is 0 Å². The van der Waals surface area contributed by atoms with E-state index in [0.717, 1.165) is 79.0 Å². The van der Waals surface area contributed by atoms with Crippen molar-refractivity contribution in [2.24, 2.45) is 0 Å². The van der Waals surface area contributed by atoms with Crippen LogP contribution in [0.4, 0.5) is 11.4 Å². The predicted octanol–water partition coefficient (Wildman–Crippen LogP) is 7.99. The fourth-order valence-electron chi connectivity index (χ4n) is 4.18. The Kier molecular flexibility index (Phi) is 9.71. The first-order valence-electron chi connectivity index (χ1n) is 12.6. The van der Waals surface area contributed by atoms with Gasteiger partial charge in [-0.05, 0) is 79.8 Å². The molecule has 0 aromatic heterocycles. The highest BCUT2D eigenvalue weighted by Gasteiger charge is 2.31. The Labute approximate surface area is 205 Å². The number of benzene rings is 2. The molecule has 0 saturated carbocycles. The maximum absolute atomic E-state index is 12.8. The Morgan fingerprint density at radius 3 is 2.12 bits per heavy atom. The van der Waals surface area contributed by atoms with Crippen LogP contribution in [0.5, 0.6) is 0 Å². The molecule has 1 aliphatic heterocycles. The van der Waals surface area contributed by atoms with E-state index >= 15 is 0 Å². The largest absolute Gasteiger partial charge is 0.288 e. The molecule has 0 atom stereocenters. The zero-order valence-corrected chi connectivity index (χ0v) is 22.3. The number of hydrogen-bond acceptors (Lipinski definition) is 5. The zero-order valence-electron chi connectivity index (χ0n) is 20.7. The van der Waals surface area contributed by atoms with E-state index in [0.29, 0.717) is 6.42 Å². The van der Waals surface area contributed by atoms with Crippen LogP contribution in [0.1, 0.15) is 89.3 Å². The highest BCUT2D eigenvalue weighted by molar-refractivity contribution is 7.99. The first kappa shape index (κ1) is 26.1. The fourth-order valence-corrected chi connectivity index (χ4v) is 6.28. The summed E-state index contributed by atoms with van der Waals surface area (Å²) in [5, 5.41) is 1.64. The number of anilines is 2. The monoisotopic (exact) mass is 489 g/mol. The van der Waals surface area contributed by atoms with Crippen molar-refractivity contribution >= 4 is 33.3 Å². The third-order valence-corrected chi connectivity index (χ3v) is 8.34. The quantitative estimate of drug-likeness (QED) is 0.285. The van der Waals surface area contributed by atoms with Crippen molar-refractivity contribution in [2.75, 3.05) is 10.8 Å². The van der Waals surface area contributed by atoms with Crippen LogP contribution in [0.15, 0.2) is 40.1 Å². The van der Waals surface area contributed by atoms with E-state index in [1.165, 1.54) is 16.7 Å². The molecular weight excluding hydrogens is 450 g/mol. The van der Waals surface area contributed by atoms with Crippen molar-refractivity contribution in [3.8, 4) is 0 Å². The molecule has 6 heteroatoms. The van der Waals surface area contributed by atoms with Gasteiger partial charge in [0.2, 0.25) is 0 Å². The lowest BCUT2D eigenvalue weighted by Gasteiger charge is -2.33. The van der Waals surface area contributed by atoms with Gasteiger partial charge in [-0.1, -0.05) is 70.9 Å². The molecule has 2 aromatic carbocycles. The molecule has 0 aliphatic carbocycles. The molecule has 3 rings (SSSR count). The van der Waals surface area contributed by atoms with Crippen LogP contribution in [0.3, 0.4) is 0 Å². The molecule has 182 valence electrons. The van der Waals surface area contributed by atoms with Gasteiger partial charge in [-0.3, -0.25) is 0 Å². The molecule has 0 N–H and O–H groups in total. The summed E-state index contributed by atoms with van der Waals surface area (Å²) in [5.74, 6) is 0.00963. The number of fused-ring (bicyclic) bond motifs is 2. The molecule has 1 heterocycles. The van der Waals surface area contributed by atoms with Gasteiger partial charge in [0, 0.05) is 9.79 Å². The van der Waals surface area contributed by atoms with Crippen molar-refractivity contribution in [3.05, 3.63) is 47.0 Å². The fraction of sp³-hybridized carbons (Fsp3) is 0.556. The second kappa shape index (κ2) is 12.3. The van der Waals surface area contributed by atoms with E-state index in [9.17, 15) is 8.42 Å². The van der Waals surface area contributed by atoms with Gasteiger partial charge >= 0.3 is 0 Å². The van der Waals surface area contributed by atoms with Gasteiger partial charge in [-0.2, -0.15) is 8.42 Å². The summed E-state index contributed by atoms with van der Waals surface area (Å²) < 4.78 is 31.5. The van der Waals surface area contributed by atoms with Gasteiger partial charge in [0.15, 0.2) is 0 Å². The van der Waals surface area contributed by atoms with Crippen LogP contribution in [0.25, 0.3) is 0 Å². The Morgan fingerprint density at radius 2 is 1.45 bits per heavy atom. The van der Waals surface area contributed by atoms with E-state index in [1.807, 2.05) is 6.92 Å². The smallest absolute Gasteiger partial charge is 0.202 e. The summed E-state index contributed by atoms with van der Waals surface area (Å²) in [6.07, 6.45) is 10.2. The van der Waals surface area contributed by atoms with E-state index in [1.54, 1.807) is 16.8 Å². The first-order valence-corrected chi connectivity index (χ1v) is 15.0. The number of rotatable bonds is 13. The van der Waals surface area contributed by atoms with Crippen LogP contribution < -0.4 is 5.06 Å². The molecule has 0 spiro atoms. The molecule has 0 fully saturated rings. The van der Waals surface area contributed by atoms with Crippen molar-refractivity contribution in [2.45, 2.75) is 102 Å². The molecule has 0 saturated heterocycles. The minimum Gasteiger partial charge on any atom is -0.202 e. The Hall–Kier alpha value is -1.50.